The van der Waals surface area contributed by atoms with Crippen LogP contribution in [0.5, 0.6) is 17.2 Å². The van der Waals surface area contributed by atoms with Gasteiger partial charge in [-0.2, -0.15) is 0 Å². The molecule has 4 aromatic rings. The van der Waals surface area contributed by atoms with Gasteiger partial charge in [-0.15, -0.1) is 0 Å². The molecule has 0 aliphatic heterocycles. The number of carbonyl (C=O) groups is 2. The zero-order valence-corrected chi connectivity index (χ0v) is 29.9. The molecule has 0 saturated carbocycles. The molecule has 4 rings (SSSR count). The van der Waals surface area contributed by atoms with Crippen LogP contribution in [0, 0.1) is 6.92 Å². The lowest BCUT2D eigenvalue weighted by molar-refractivity contribution is -0.140. The van der Waals surface area contributed by atoms with E-state index in [1.54, 1.807) is 6.07 Å². The molecule has 0 spiro atoms. The van der Waals surface area contributed by atoms with E-state index < -0.39 is 28.5 Å². The molecule has 260 valence electrons. The number of methoxy groups -OCH3 is 3. The van der Waals surface area contributed by atoms with Crippen molar-refractivity contribution in [3.8, 4) is 17.2 Å². The van der Waals surface area contributed by atoms with Crippen LogP contribution in [0.25, 0.3) is 0 Å². The van der Waals surface area contributed by atoms with Crippen molar-refractivity contribution in [1.29, 1.82) is 0 Å². The third-order valence-electron chi connectivity index (χ3n) is 8.05. The monoisotopic (exact) mass is 707 g/mol. The number of amides is 2. The van der Waals surface area contributed by atoms with Gasteiger partial charge in [-0.3, -0.25) is 13.9 Å². The number of benzene rings is 4. The molecule has 0 saturated heterocycles. The Balaban J connectivity index is 1.88. The molecule has 0 aliphatic rings. The lowest BCUT2D eigenvalue weighted by atomic mass is 10.0. The van der Waals surface area contributed by atoms with Gasteiger partial charge in [0.05, 0.1) is 31.9 Å². The molecule has 0 heterocycles. The summed E-state index contributed by atoms with van der Waals surface area (Å²) in [6.07, 6.45) is 0.901. The summed E-state index contributed by atoms with van der Waals surface area (Å²) in [5, 5.41) is 3.18. The molecule has 12 heteroatoms. The van der Waals surface area contributed by atoms with E-state index in [9.17, 15) is 18.0 Å². The maximum Gasteiger partial charge on any atom is 0.265 e. The summed E-state index contributed by atoms with van der Waals surface area (Å²) < 4.78 is 46.4. The van der Waals surface area contributed by atoms with Crippen LogP contribution in [0.2, 0.25) is 5.02 Å². The normalized spacial score (nSPS) is 11.7. The van der Waals surface area contributed by atoms with Gasteiger partial charge in [0.25, 0.3) is 10.0 Å². The molecule has 0 aromatic heterocycles. The van der Waals surface area contributed by atoms with Gasteiger partial charge < -0.3 is 24.4 Å². The van der Waals surface area contributed by atoms with E-state index >= 15 is 0 Å². The molecular weight excluding hydrogens is 666 g/mol. The number of sulfonamides is 1. The molecule has 49 heavy (non-hydrogen) atoms. The summed E-state index contributed by atoms with van der Waals surface area (Å²) in [5.41, 5.74) is 2.61. The molecule has 0 fully saturated rings. The molecule has 0 bridgehead atoms. The second-order valence-electron chi connectivity index (χ2n) is 11.3. The average molecular weight is 708 g/mol. The third-order valence-corrected chi connectivity index (χ3v) is 10.0. The summed E-state index contributed by atoms with van der Waals surface area (Å²) >= 11 is 6.39. The van der Waals surface area contributed by atoms with E-state index in [1.807, 2.05) is 68.4 Å². The molecule has 1 N–H and O–H groups in total. The number of aryl methyl sites for hydroxylation is 1. The van der Waals surface area contributed by atoms with Crippen molar-refractivity contribution in [3.05, 3.63) is 113 Å². The van der Waals surface area contributed by atoms with Gasteiger partial charge in [0.15, 0.2) is 11.5 Å². The zero-order valence-electron chi connectivity index (χ0n) is 28.3. The second kappa shape index (κ2) is 17.1. The van der Waals surface area contributed by atoms with Crippen molar-refractivity contribution in [2.24, 2.45) is 0 Å². The highest BCUT2D eigenvalue weighted by molar-refractivity contribution is 7.92. The Morgan fingerprint density at radius 1 is 0.837 bits per heavy atom. The first-order valence-corrected chi connectivity index (χ1v) is 17.6. The molecular formula is C37H42ClN3O7S. The molecule has 10 nitrogen and oxygen atoms in total. The van der Waals surface area contributed by atoms with Gasteiger partial charge in [0, 0.05) is 30.6 Å². The fraction of sp³-hybridized carbons (Fsp3) is 0.297. The van der Waals surface area contributed by atoms with E-state index in [0.29, 0.717) is 18.7 Å². The zero-order chi connectivity index (χ0) is 35.6. The summed E-state index contributed by atoms with van der Waals surface area (Å²) in [4.78, 5) is 29.9. The van der Waals surface area contributed by atoms with Crippen LogP contribution in [0.4, 0.5) is 5.69 Å². The van der Waals surface area contributed by atoms with Crippen LogP contribution in [0.1, 0.15) is 30.0 Å². The van der Waals surface area contributed by atoms with Crippen molar-refractivity contribution in [1.82, 2.24) is 10.2 Å². The van der Waals surface area contributed by atoms with Gasteiger partial charge in [-0.05, 0) is 60.4 Å². The molecule has 0 unspecified atom stereocenters. The minimum Gasteiger partial charge on any atom is -0.495 e. The molecule has 0 radical (unpaired) electrons. The van der Waals surface area contributed by atoms with Crippen molar-refractivity contribution < 1.29 is 32.2 Å². The quantitative estimate of drug-likeness (QED) is 0.151. The number of ether oxygens (including phenoxy) is 3. The number of nitrogens with one attached hydrogen (secondary N) is 1. The Bertz CT molecular complexity index is 1850. The SMILES string of the molecule is CCCNC(=O)[C@H](Cc1ccccc1)N(Cc1ccccc1C)C(=O)CN(c1cc(Cl)ccc1OC)S(=O)(=O)c1ccc(OC)c(OC)c1. The summed E-state index contributed by atoms with van der Waals surface area (Å²) in [6, 6.07) is 24.7. The fourth-order valence-corrected chi connectivity index (χ4v) is 6.97. The molecule has 0 aliphatic carbocycles. The highest BCUT2D eigenvalue weighted by atomic mass is 35.5. The number of hydrogen-bond acceptors (Lipinski definition) is 7. The van der Waals surface area contributed by atoms with Crippen LogP contribution in [0.15, 0.2) is 95.9 Å². The van der Waals surface area contributed by atoms with Crippen LogP contribution >= 0.6 is 11.6 Å². The average Bonchev–Trinajstić information content (AvgIpc) is 3.11. The number of nitrogens with zero attached hydrogens (tertiary/aromatic N) is 2. The van der Waals surface area contributed by atoms with Crippen molar-refractivity contribution >= 4 is 39.1 Å². The van der Waals surface area contributed by atoms with E-state index in [4.69, 9.17) is 25.8 Å². The topological polar surface area (TPSA) is 114 Å². The summed E-state index contributed by atoms with van der Waals surface area (Å²) in [7, 11) is -0.239. The minimum atomic E-state index is -4.48. The molecule has 1 atom stereocenters. The van der Waals surface area contributed by atoms with Crippen molar-refractivity contribution in [2.45, 2.75) is 44.2 Å². The number of anilines is 1. The van der Waals surface area contributed by atoms with Crippen LogP contribution in [-0.4, -0.2) is 65.6 Å². The Morgan fingerprint density at radius 2 is 1.49 bits per heavy atom. The summed E-state index contributed by atoms with van der Waals surface area (Å²) in [5.74, 6) is -0.266. The number of carbonyl (C=O) groups excluding carboxylic acids is 2. The van der Waals surface area contributed by atoms with Gasteiger partial charge >= 0.3 is 0 Å². The largest absolute Gasteiger partial charge is 0.495 e. The van der Waals surface area contributed by atoms with E-state index in [0.717, 1.165) is 21.0 Å². The Labute approximate surface area is 293 Å². The predicted molar refractivity (Wildman–Crippen MR) is 191 cm³/mol. The smallest absolute Gasteiger partial charge is 0.265 e. The van der Waals surface area contributed by atoms with Crippen LogP contribution in [0.3, 0.4) is 0 Å². The molecule has 4 aromatic carbocycles. The minimum absolute atomic E-state index is 0.0454. The van der Waals surface area contributed by atoms with Crippen LogP contribution in [-0.2, 0) is 32.6 Å². The van der Waals surface area contributed by atoms with Crippen molar-refractivity contribution in [3.63, 3.8) is 0 Å². The Morgan fingerprint density at radius 3 is 2.14 bits per heavy atom. The lowest BCUT2D eigenvalue weighted by Crippen LogP contribution is -2.53. The lowest BCUT2D eigenvalue weighted by Gasteiger charge is -2.34. The first-order valence-electron chi connectivity index (χ1n) is 15.8. The highest BCUT2D eigenvalue weighted by Crippen LogP contribution is 2.37. The fourth-order valence-electron chi connectivity index (χ4n) is 5.37. The number of hydrogen-bond donors (Lipinski definition) is 1. The Hall–Kier alpha value is -4.74. The van der Waals surface area contributed by atoms with Crippen LogP contribution < -0.4 is 23.8 Å². The van der Waals surface area contributed by atoms with Gasteiger partial charge in [-0.25, -0.2) is 8.42 Å². The number of halogens is 1. The van der Waals surface area contributed by atoms with E-state index in [-0.39, 0.29) is 46.0 Å². The van der Waals surface area contributed by atoms with Crippen molar-refractivity contribution in [2.75, 3.05) is 38.7 Å². The van der Waals surface area contributed by atoms with Gasteiger partial charge in [0.2, 0.25) is 11.8 Å². The second-order valence-corrected chi connectivity index (χ2v) is 13.6. The third kappa shape index (κ3) is 9.04. The maximum atomic E-state index is 14.8. The Kier molecular flexibility index (Phi) is 12.9. The first kappa shape index (κ1) is 37.1. The van der Waals surface area contributed by atoms with E-state index in [1.165, 1.54) is 56.6 Å². The first-order chi connectivity index (χ1) is 23.5. The highest BCUT2D eigenvalue weighted by Gasteiger charge is 2.36. The number of rotatable bonds is 16. The van der Waals surface area contributed by atoms with Gasteiger partial charge in [0.1, 0.15) is 18.3 Å². The molecule has 2 amide bonds. The predicted octanol–water partition coefficient (Wildman–Crippen LogP) is 6.04. The van der Waals surface area contributed by atoms with E-state index in [2.05, 4.69) is 5.32 Å². The van der Waals surface area contributed by atoms with Gasteiger partial charge in [-0.1, -0.05) is 73.1 Å². The summed E-state index contributed by atoms with van der Waals surface area (Å²) in [6.45, 7) is 3.66. The standard InChI is InChI=1S/C37H42ClN3O7S/c1-6-20-39-37(43)32(21-27-13-8-7-9-14-27)40(24-28-15-11-10-12-26(28)2)36(42)25-41(31-22-29(38)16-18-33(31)46-3)49(44,45)30-17-19-34(47-4)35(23-30)48-5/h7-19,22-23,32H,6,20-21,24-25H2,1-5H3,(H,39,43)/t32-/m0/s1. The maximum absolute atomic E-state index is 14.8.